The molecule has 0 heterocycles. The number of rotatable bonds is 3. The van der Waals surface area contributed by atoms with Crippen LogP contribution < -0.4 is 11.1 Å². The summed E-state index contributed by atoms with van der Waals surface area (Å²) in [5, 5.41) is 10.4. The van der Waals surface area contributed by atoms with Gasteiger partial charge in [-0.05, 0) is 12.1 Å². The molecule has 0 saturated heterocycles. The number of carbonyl (C=O) groups excluding carboxylic acids is 1. The van der Waals surface area contributed by atoms with Crippen LogP contribution in [0.25, 0.3) is 0 Å². The molecule has 1 rings (SSSR count). The molecule has 0 aromatic heterocycles. The highest BCUT2D eigenvalue weighted by molar-refractivity contribution is 7.91. The molecule has 0 bridgehead atoms. The molecule has 1 aromatic carbocycles. The number of benzene rings is 1. The van der Waals surface area contributed by atoms with Gasteiger partial charge in [-0.2, -0.15) is 5.26 Å². The number of hydrogen-bond acceptors (Lipinski definition) is 5. The number of aliphatic imine (C=N–C) groups is 1. The van der Waals surface area contributed by atoms with Crippen LogP contribution in [0.4, 0.5) is 0 Å². The van der Waals surface area contributed by atoms with Crippen molar-refractivity contribution in [2.75, 3.05) is 5.75 Å². The van der Waals surface area contributed by atoms with Crippen LogP contribution in [-0.2, 0) is 9.84 Å². The Morgan fingerprint density at radius 2 is 2.11 bits per heavy atom. The first-order chi connectivity index (χ1) is 8.92. The largest absolute Gasteiger partial charge is 0.369 e. The molecule has 100 valence electrons. The Labute approximate surface area is 110 Å². The molecule has 0 fully saturated rings. The lowest BCUT2D eigenvalue weighted by atomic mass is 10.2. The van der Waals surface area contributed by atoms with Crippen molar-refractivity contribution >= 4 is 21.7 Å². The Bertz CT molecular complexity index is 659. The Morgan fingerprint density at radius 3 is 2.68 bits per heavy atom. The maximum Gasteiger partial charge on any atom is 0.259 e. The fourth-order valence-corrected chi connectivity index (χ4v) is 2.44. The number of nitrogens with zero attached hydrogens (tertiary/aromatic N) is 2. The summed E-state index contributed by atoms with van der Waals surface area (Å²) in [6.45, 7) is 1.48. The van der Waals surface area contributed by atoms with Crippen LogP contribution in [-0.4, -0.2) is 26.0 Å². The molecule has 1 amide bonds. The summed E-state index contributed by atoms with van der Waals surface area (Å²) < 4.78 is 23.7. The van der Waals surface area contributed by atoms with Crippen molar-refractivity contribution in [3.8, 4) is 6.19 Å². The number of carbonyl (C=O) groups is 1. The van der Waals surface area contributed by atoms with Crippen molar-refractivity contribution < 1.29 is 13.2 Å². The zero-order valence-corrected chi connectivity index (χ0v) is 10.9. The average Bonchev–Trinajstić information content (AvgIpc) is 2.39. The molecule has 19 heavy (non-hydrogen) atoms. The van der Waals surface area contributed by atoms with Crippen LogP contribution >= 0.6 is 0 Å². The normalized spacial score (nSPS) is 11.7. The fraction of sp³-hybridized carbons (Fsp3) is 0.182. The zero-order valence-electron chi connectivity index (χ0n) is 10.1. The van der Waals surface area contributed by atoms with Gasteiger partial charge in [0, 0.05) is 0 Å². The first-order valence-electron chi connectivity index (χ1n) is 5.27. The Balaban J connectivity index is 3.20. The number of nitrogens with one attached hydrogen (secondary N) is 1. The van der Waals surface area contributed by atoms with Gasteiger partial charge in [-0.25, -0.2) is 8.42 Å². The lowest BCUT2D eigenvalue weighted by Gasteiger charge is -2.08. The third kappa shape index (κ3) is 3.53. The number of nitrogens with two attached hydrogens (primary N) is 1. The van der Waals surface area contributed by atoms with E-state index in [0.29, 0.717) is 0 Å². The summed E-state index contributed by atoms with van der Waals surface area (Å²) in [5.74, 6) is -1.25. The molecule has 0 saturated carbocycles. The molecule has 0 aliphatic carbocycles. The third-order valence-electron chi connectivity index (χ3n) is 2.26. The molecule has 7 nitrogen and oxygen atoms in total. The van der Waals surface area contributed by atoms with Gasteiger partial charge < -0.3 is 5.73 Å². The smallest absolute Gasteiger partial charge is 0.259 e. The fourth-order valence-electron chi connectivity index (χ4n) is 1.35. The van der Waals surface area contributed by atoms with Crippen molar-refractivity contribution in [3.63, 3.8) is 0 Å². The summed E-state index contributed by atoms with van der Waals surface area (Å²) in [6.07, 6.45) is 1.41. The zero-order chi connectivity index (χ0) is 14.5. The molecule has 3 N–H and O–H groups in total. The molecule has 0 atom stereocenters. The highest BCUT2D eigenvalue weighted by atomic mass is 32.2. The standard InChI is InChI=1S/C11H12N4O3S/c1-2-19(17,18)9-6-4-3-5-8(9)10(16)15-11(13)14-7-12/h3-6H,2H2,1H3,(H3,13,14,15,16). The van der Waals surface area contributed by atoms with Crippen LogP contribution in [0.2, 0.25) is 0 Å². The van der Waals surface area contributed by atoms with E-state index < -0.39 is 21.7 Å². The maximum atomic E-state index is 11.9. The maximum absolute atomic E-state index is 11.9. The molecule has 0 aliphatic heterocycles. The number of nitriles is 1. The van der Waals surface area contributed by atoms with Crippen LogP contribution in [0.5, 0.6) is 0 Å². The highest BCUT2D eigenvalue weighted by Crippen LogP contribution is 2.16. The van der Waals surface area contributed by atoms with E-state index in [4.69, 9.17) is 11.0 Å². The van der Waals surface area contributed by atoms with Crippen molar-refractivity contribution in [3.05, 3.63) is 29.8 Å². The van der Waals surface area contributed by atoms with Crippen molar-refractivity contribution in [1.29, 1.82) is 5.26 Å². The summed E-state index contributed by atoms with van der Waals surface area (Å²) >= 11 is 0. The lowest BCUT2D eigenvalue weighted by molar-refractivity contribution is 0.0973. The number of amides is 1. The minimum atomic E-state index is -3.53. The summed E-state index contributed by atoms with van der Waals surface area (Å²) in [6, 6.07) is 5.75. The monoisotopic (exact) mass is 280 g/mol. The van der Waals surface area contributed by atoms with Gasteiger partial charge in [-0.1, -0.05) is 19.1 Å². The predicted octanol–water partition coefficient (Wildman–Crippen LogP) is 0.00578. The minimum absolute atomic E-state index is 0.0413. The molecular formula is C11H12N4O3S. The average molecular weight is 280 g/mol. The van der Waals surface area contributed by atoms with Gasteiger partial charge in [0.1, 0.15) is 0 Å². The molecule has 1 aromatic rings. The SMILES string of the molecule is CCS(=O)(=O)c1ccccc1C(=O)NC(N)=NC#N. The van der Waals surface area contributed by atoms with Gasteiger partial charge in [-0.3, -0.25) is 10.1 Å². The summed E-state index contributed by atoms with van der Waals surface area (Å²) in [5.41, 5.74) is 5.22. The Kier molecular flexibility index (Phi) is 4.61. The van der Waals surface area contributed by atoms with Gasteiger partial charge in [0.2, 0.25) is 12.2 Å². The molecule has 0 radical (unpaired) electrons. The van der Waals surface area contributed by atoms with E-state index in [9.17, 15) is 13.2 Å². The van der Waals surface area contributed by atoms with Crippen molar-refractivity contribution in [2.24, 2.45) is 10.7 Å². The topological polar surface area (TPSA) is 125 Å². The highest BCUT2D eigenvalue weighted by Gasteiger charge is 2.20. The first kappa shape index (κ1) is 14.7. The van der Waals surface area contributed by atoms with Crippen molar-refractivity contribution in [1.82, 2.24) is 5.32 Å². The van der Waals surface area contributed by atoms with E-state index in [-0.39, 0.29) is 16.2 Å². The van der Waals surface area contributed by atoms with Crippen molar-refractivity contribution in [2.45, 2.75) is 11.8 Å². The molecule has 0 aliphatic rings. The van der Waals surface area contributed by atoms with Gasteiger partial charge >= 0.3 is 0 Å². The lowest BCUT2D eigenvalue weighted by Crippen LogP contribution is -2.37. The Hall–Kier alpha value is -2.40. The van der Waals surface area contributed by atoms with Crippen LogP contribution in [0, 0.1) is 11.5 Å². The third-order valence-corrected chi connectivity index (χ3v) is 4.05. The predicted molar refractivity (Wildman–Crippen MR) is 68.9 cm³/mol. The van der Waals surface area contributed by atoms with Gasteiger partial charge in [0.05, 0.1) is 16.2 Å². The molecule has 0 spiro atoms. The van der Waals surface area contributed by atoms with Gasteiger partial charge in [0.25, 0.3) is 5.91 Å². The molecule has 8 heteroatoms. The molecule has 0 unspecified atom stereocenters. The Morgan fingerprint density at radius 1 is 1.47 bits per heavy atom. The number of sulfone groups is 1. The second kappa shape index (κ2) is 5.97. The van der Waals surface area contributed by atoms with Crippen LogP contribution in [0.15, 0.2) is 34.2 Å². The van der Waals surface area contributed by atoms with E-state index in [1.54, 1.807) is 0 Å². The second-order valence-electron chi connectivity index (χ2n) is 3.45. The number of guanidine groups is 1. The molecular weight excluding hydrogens is 268 g/mol. The quantitative estimate of drug-likeness (QED) is 0.458. The van der Waals surface area contributed by atoms with Crippen LogP contribution in [0.3, 0.4) is 0 Å². The van der Waals surface area contributed by atoms with Gasteiger partial charge in [-0.15, -0.1) is 4.99 Å². The minimum Gasteiger partial charge on any atom is -0.369 e. The van der Waals surface area contributed by atoms with E-state index in [1.165, 1.54) is 37.4 Å². The van der Waals surface area contributed by atoms with E-state index in [0.717, 1.165) is 0 Å². The summed E-state index contributed by atoms with van der Waals surface area (Å²) in [7, 11) is -3.53. The van der Waals surface area contributed by atoms with E-state index in [2.05, 4.69) is 10.3 Å². The van der Waals surface area contributed by atoms with E-state index in [1.807, 2.05) is 0 Å². The summed E-state index contributed by atoms with van der Waals surface area (Å²) in [4.78, 5) is 14.9. The van der Waals surface area contributed by atoms with Gasteiger partial charge in [0.15, 0.2) is 9.84 Å². The van der Waals surface area contributed by atoms with Crippen LogP contribution in [0.1, 0.15) is 17.3 Å². The second-order valence-corrected chi connectivity index (χ2v) is 5.70. The first-order valence-corrected chi connectivity index (χ1v) is 6.93. The number of hydrogen-bond donors (Lipinski definition) is 2. The van der Waals surface area contributed by atoms with E-state index >= 15 is 0 Å².